The van der Waals surface area contributed by atoms with Gasteiger partial charge in [-0.2, -0.15) is 0 Å². The van der Waals surface area contributed by atoms with E-state index in [1.54, 1.807) is 19.6 Å². The van der Waals surface area contributed by atoms with E-state index in [0.717, 1.165) is 41.8 Å². The first-order chi connectivity index (χ1) is 9.29. The number of carbonyl (C=O) groups excluding carboxylic acids is 1. The van der Waals surface area contributed by atoms with Crippen molar-refractivity contribution in [2.45, 2.75) is 19.3 Å². The Kier molecular flexibility index (Phi) is 3.07. The Morgan fingerprint density at radius 3 is 3.11 bits per heavy atom. The van der Waals surface area contributed by atoms with E-state index in [1.165, 1.54) is 0 Å². The van der Waals surface area contributed by atoms with Crippen molar-refractivity contribution in [3.63, 3.8) is 0 Å². The first-order valence-corrected chi connectivity index (χ1v) is 6.47. The van der Waals surface area contributed by atoms with Gasteiger partial charge in [0.05, 0.1) is 13.4 Å². The number of H-pyrrole nitrogens is 1. The molecular weight excluding hydrogens is 240 g/mol. The van der Waals surface area contributed by atoms with Crippen molar-refractivity contribution in [1.82, 2.24) is 9.97 Å². The van der Waals surface area contributed by atoms with Crippen LogP contribution in [0.4, 0.5) is 0 Å². The summed E-state index contributed by atoms with van der Waals surface area (Å²) >= 11 is 0. The Morgan fingerprint density at radius 2 is 2.37 bits per heavy atom. The molecule has 1 aromatic carbocycles. The van der Waals surface area contributed by atoms with Gasteiger partial charge in [-0.1, -0.05) is 12.1 Å². The molecule has 1 heterocycles. The third-order valence-electron chi connectivity index (χ3n) is 3.75. The van der Waals surface area contributed by atoms with Gasteiger partial charge < -0.3 is 9.72 Å². The Labute approximate surface area is 111 Å². The van der Waals surface area contributed by atoms with Gasteiger partial charge >= 0.3 is 0 Å². The van der Waals surface area contributed by atoms with Crippen LogP contribution >= 0.6 is 0 Å². The molecule has 0 spiro atoms. The van der Waals surface area contributed by atoms with E-state index in [9.17, 15) is 4.79 Å². The quantitative estimate of drug-likeness (QED) is 0.917. The summed E-state index contributed by atoms with van der Waals surface area (Å²) in [5, 5.41) is 0. The van der Waals surface area contributed by atoms with Gasteiger partial charge in [-0.25, -0.2) is 4.98 Å². The number of imidazole rings is 1. The minimum absolute atomic E-state index is 0.0417. The van der Waals surface area contributed by atoms with Gasteiger partial charge in [-0.05, 0) is 25.3 Å². The van der Waals surface area contributed by atoms with Crippen LogP contribution < -0.4 is 4.74 Å². The number of ether oxygens (including phenoxy) is 1. The molecule has 0 aliphatic heterocycles. The number of Topliss-reactive ketones (excluding diaryl/α,β-unsaturated/α-hetero) is 1. The first-order valence-electron chi connectivity index (χ1n) is 6.47. The van der Waals surface area contributed by atoms with Gasteiger partial charge in [0.25, 0.3) is 0 Å². The molecule has 98 valence electrons. The normalized spacial score (nSPS) is 18.2. The molecule has 0 unspecified atom stereocenters. The van der Waals surface area contributed by atoms with Crippen LogP contribution in [-0.2, 0) is 12.8 Å². The smallest absolute Gasteiger partial charge is 0.166 e. The number of aromatic nitrogens is 2. The zero-order valence-corrected chi connectivity index (χ0v) is 10.8. The SMILES string of the molecule is COc1cccc2c1CC[C@H](Cc1cnc[nH]1)C2=O. The maximum absolute atomic E-state index is 12.5. The van der Waals surface area contributed by atoms with Crippen LogP contribution in [0.5, 0.6) is 5.75 Å². The molecule has 4 nitrogen and oxygen atoms in total. The van der Waals surface area contributed by atoms with Crippen LogP contribution in [0.2, 0.25) is 0 Å². The largest absolute Gasteiger partial charge is 0.496 e. The van der Waals surface area contributed by atoms with Gasteiger partial charge in [0, 0.05) is 28.9 Å². The molecule has 1 atom stereocenters. The summed E-state index contributed by atoms with van der Waals surface area (Å²) in [6, 6.07) is 5.70. The van der Waals surface area contributed by atoms with Crippen molar-refractivity contribution in [2.75, 3.05) is 7.11 Å². The Bertz CT molecular complexity index is 590. The number of nitrogens with zero attached hydrogens (tertiary/aromatic N) is 1. The number of methoxy groups -OCH3 is 1. The molecule has 1 aliphatic rings. The highest BCUT2D eigenvalue weighted by molar-refractivity contribution is 6.00. The second-order valence-corrected chi connectivity index (χ2v) is 4.87. The van der Waals surface area contributed by atoms with Crippen molar-refractivity contribution in [3.05, 3.63) is 47.5 Å². The molecule has 1 aliphatic carbocycles. The predicted molar refractivity (Wildman–Crippen MR) is 71.4 cm³/mol. The summed E-state index contributed by atoms with van der Waals surface area (Å²) in [5.74, 6) is 1.08. The molecule has 19 heavy (non-hydrogen) atoms. The topological polar surface area (TPSA) is 55.0 Å². The zero-order chi connectivity index (χ0) is 13.2. The van der Waals surface area contributed by atoms with Crippen molar-refractivity contribution < 1.29 is 9.53 Å². The first kappa shape index (κ1) is 12.0. The van der Waals surface area contributed by atoms with Gasteiger partial charge in [-0.3, -0.25) is 4.79 Å². The molecule has 1 aromatic heterocycles. The molecule has 0 amide bonds. The maximum atomic E-state index is 12.5. The van der Waals surface area contributed by atoms with Crippen LogP contribution in [0.25, 0.3) is 0 Å². The lowest BCUT2D eigenvalue weighted by Crippen LogP contribution is -2.25. The number of nitrogens with one attached hydrogen (secondary N) is 1. The van der Waals surface area contributed by atoms with Gasteiger partial charge in [0.1, 0.15) is 5.75 Å². The Balaban J connectivity index is 1.88. The van der Waals surface area contributed by atoms with Crippen LogP contribution in [0.3, 0.4) is 0 Å². The Hall–Kier alpha value is -2.10. The van der Waals surface area contributed by atoms with Gasteiger partial charge in [0.2, 0.25) is 0 Å². The molecule has 0 bridgehead atoms. The van der Waals surface area contributed by atoms with Crippen molar-refractivity contribution in [2.24, 2.45) is 5.92 Å². The van der Waals surface area contributed by atoms with E-state index in [1.807, 2.05) is 18.2 Å². The number of carbonyl (C=O) groups is 1. The fraction of sp³-hybridized carbons (Fsp3) is 0.333. The lowest BCUT2D eigenvalue weighted by molar-refractivity contribution is 0.0899. The summed E-state index contributed by atoms with van der Waals surface area (Å²) < 4.78 is 5.33. The molecule has 0 radical (unpaired) electrons. The Morgan fingerprint density at radius 1 is 1.47 bits per heavy atom. The summed E-state index contributed by atoms with van der Waals surface area (Å²) in [4.78, 5) is 19.6. The maximum Gasteiger partial charge on any atom is 0.166 e. The lowest BCUT2D eigenvalue weighted by atomic mass is 9.80. The highest BCUT2D eigenvalue weighted by atomic mass is 16.5. The third-order valence-corrected chi connectivity index (χ3v) is 3.75. The monoisotopic (exact) mass is 256 g/mol. The van der Waals surface area contributed by atoms with Crippen LogP contribution in [0, 0.1) is 5.92 Å². The summed E-state index contributed by atoms with van der Waals surface area (Å²) in [6.45, 7) is 0. The minimum Gasteiger partial charge on any atom is -0.496 e. The van der Waals surface area contributed by atoms with Crippen LogP contribution in [0.15, 0.2) is 30.7 Å². The van der Waals surface area contributed by atoms with Crippen LogP contribution in [-0.4, -0.2) is 22.9 Å². The number of hydrogen-bond donors (Lipinski definition) is 1. The molecule has 4 heteroatoms. The van der Waals surface area contributed by atoms with E-state index in [2.05, 4.69) is 9.97 Å². The van der Waals surface area contributed by atoms with Gasteiger partial charge in [0.15, 0.2) is 5.78 Å². The average Bonchev–Trinajstić information content (AvgIpc) is 2.94. The minimum atomic E-state index is 0.0417. The standard InChI is InChI=1S/C15H16N2O2/c1-19-14-4-2-3-13-12(14)6-5-10(15(13)18)7-11-8-16-9-17-11/h2-4,8-10H,5-7H2,1H3,(H,16,17)/t10-/m1/s1. The predicted octanol–water partition coefficient (Wildman–Crippen LogP) is 2.41. The van der Waals surface area contributed by atoms with Crippen LogP contribution in [0.1, 0.15) is 28.0 Å². The van der Waals surface area contributed by atoms with E-state index in [-0.39, 0.29) is 11.7 Å². The molecule has 2 aromatic rings. The number of benzene rings is 1. The highest BCUT2D eigenvalue weighted by Crippen LogP contribution is 2.33. The molecular formula is C15H16N2O2. The second-order valence-electron chi connectivity index (χ2n) is 4.87. The van der Waals surface area contributed by atoms with Crippen molar-refractivity contribution in [1.29, 1.82) is 0 Å². The van der Waals surface area contributed by atoms with E-state index < -0.39 is 0 Å². The highest BCUT2D eigenvalue weighted by Gasteiger charge is 2.29. The fourth-order valence-electron chi connectivity index (χ4n) is 2.77. The number of fused-ring (bicyclic) bond motifs is 1. The summed E-state index contributed by atoms with van der Waals surface area (Å²) in [5.41, 5.74) is 2.88. The zero-order valence-electron chi connectivity index (χ0n) is 10.8. The van der Waals surface area contributed by atoms with E-state index in [0.29, 0.717) is 0 Å². The number of ketones is 1. The fourth-order valence-corrected chi connectivity index (χ4v) is 2.77. The number of hydrogen-bond acceptors (Lipinski definition) is 3. The average molecular weight is 256 g/mol. The summed E-state index contributed by atoms with van der Waals surface area (Å²) in [7, 11) is 1.65. The summed E-state index contributed by atoms with van der Waals surface area (Å²) in [6.07, 6.45) is 5.93. The third kappa shape index (κ3) is 2.14. The van der Waals surface area contributed by atoms with E-state index >= 15 is 0 Å². The number of aromatic amines is 1. The molecule has 0 saturated carbocycles. The van der Waals surface area contributed by atoms with Gasteiger partial charge in [-0.15, -0.1) is 0 Å². The molecule has 1 N–H and O–H groups in total. The van der Waals surface area contributed by atoms with Crippen molar-refractivity contribution in [3.8, 4) is 5.75 Å². The molecule has 3 rings (SSSR count). The molecule has 0 saturated heterocycles. The van der Waals surface area contributed by atoms with E-state index in [4.69, 9.17) is 4.74 Å². The number of rotatable bonds is 3. The second kappa shape index (κ2) is 4.88. The van der Waals surface area contributed by atoms with Crippen molar-refractivity contribution >= 4 is 5.78 Å². The lowest BCUT2D eigenvalue weighted by Gasteiger charge is -2.24. The molecule has 0 fully saturated rings.